The Balaban J connectivity index is 2.24. The van der Waals surface area contributed by atoms with Crippen LogP contribution in [0.3, 0.4) is 0 Å². The van der Waals surface area contributed by atoms with Crippen LogP contribution in [0.5, 0.6) is 0 Å². The molecule has 0 spiro atoms. The lowest BCUT2D eigenvalue weighted by atomic mass is 9.85. The van der Waals surface area contributed by atoms with Crippen molar-refractivity contribution < 1.29 is 14.3 Å². The Kier molecular flexibility index (Phi) is 2.80. The summed E-state index contributed by atoms with van der Waals surface area (Å²) in [5.41, 5.74) is 1.14. The van der Waals surface area contributed by atoms with Gasteiger partial charge < -0.3 is 9.52 Å². The zero-order valence-corrected chi connectivity index (χ0v) is 8.95. The molecule has 2 rings (SSSR count). The minimum atomic E-state index is -0.716. The SMILES string of the molecule is CCc1cc2c(o1)CCCC2CC(=O)O. The molecule has 0 bridgehead atoms. The maximum atomic E-state index is 10.7. The summed E-state index contributed by atoms with van der Waals surface area (Å²) in [6.45, 7) is 2.05. The van der Waals surface area contributed by atoms with Gasteiger partial charge in [-0.25, -0.2) is 0 Å². The number of furan rings is 1. The molecule has 1 aliphatic carbocycles. The lowest BCUT2D eigenvalue weighted by Gasteiger charge is -2.19. The van der Waals surface area contributed by atoms with Crippen molar-refractivity contribution >= 4 is 5.97 Å². The summed E-state index contributed by atoms with van der Waals surface area (Å²) < 4.78 is 5.67. The van der Waals surface area contributed by atoms with Crippen molar-refractivity contribution in [2.75, 3.05) is 0 Å². The van der Waals surface area contributed by atoms with E-state index in [-0.39, 0.29) is 12.3 Å². The Morgan fingerprint density at radius 3 is 3.13 bits per heavy atom. The van der Waals surface area contributed by atoms with E-state index in [0.29, 0.717) is 0 Å². The largest absolute Gasteiger partial charge is 0.481 e. The summed E-state index contributed by atoms with van der Waals surface area (Å²) >= 11 is 0. The molecule has 0 aliphatic heterocycles. The van der Waals surface area contributed by atoms with Gasteiger partial charge in [-0.15, -0.1) is 0 Å². The topological polar surface area (TPSA) is 50.4 Å². The molecule has 0 saturated heterocycles. The van der Waals surface area contributed by atoms with Crippen molar-refractivity contribution in [3.63, 3.8) is 0 Å². The number of carboxylic acid groups (broad SMARTS) is 1. The molecule has 1 heterocycles. The number of carbonyl (C=O) groups is 1. The van der Waals surface area contributed by atoms with Crippen molar-refractivity contribution in [3.8, 4) is 0 Å². The van der Waals surface area contributed by atoms with Gasteiger partial charge in [0.15, 0.2) is 0 Å². The van der Waals surface area contributed by atoms with Gasteiger partial charge in [-0.1, -0.05) is 6.92 Å². The van der Waals surface area contributed by atoms with Gasteiger partial charge in [0.25, 0.3) is 0 Å². The second kappa shape index (κ2) is 4.09. The van der Waals surface area contributed by atoms with Crippen molar-refractivity contribution in [2.45, 2.75) is 44.9 Å². The van der Waals surface area contributed by atoms with E-state index in [1.165, 1.54) is 0 Å². The van der Waals surface area contributed by atoms with Crippen molar-refractivity contribution in [1.29, 1.82) is 0 Å². The number of aliphatic carboxylic acids is 1. The van der Waals surface area contributed by atoms with E-state index in [4.69, 9.17) is 9.52 Å². The first kappa shape index (κ1) is 10.3. The molecule has 0 radical (unpaired) electrons. The Hall–Kier alpha value is -1.25. The predicted molar refractivity (Wildman–Crippen MR) is 56.0 cm³/mol. The lowest BCUT2D eigenvalue weighted by Crippen LogP contribution is -2.11. The second-order valence-corrected chi connectivity index (χ2v) is 4.13. The van der Waals surface area contributed by atoms with E-state index in [1.54, 1.807) is 0 Å². The fourth-order valence-corrected chi connectivity index (χ4v) is 2.30. The number of aryl methyl sites for hydroxylation is 2. The van der Waals surface area contributed by atoms with Crippen molar-refractivity contribution in [3.05, 3.63) is 23.2 Å². The first-order valence-electron chi connectivity index (χ1n) is 5.54. The van der Waals surface area contributed by atoms with Crippen LogP contribution in [0.2, 0.25) is 0 Å². The van der Waals surface area contributed by atoms with Crippen LogP contribution >= 0.6 is 0 Å². The monoisotopic (exact) mass is 208 g/mol. The average Bonchev–Trinajstić information content (AvgIpc) is 2.61. The summed E-state index contributed by atoms with van der Waals surface area (Å²) in [5.74, 6) is 1.45. The van der Waals surface area contributed by atoms with Crippen LogP contribution in [-0.4, -0.2) is 11.1 Å². The fraction of sp³-hybridized carbons (Fsp3) is 0.583. The highest BCUT2D eigenvalue weighted by molar-refractivity contribution is 5.68. The van der Waals surface area contributed by atoms with Gasteiger partial charge in [-0.3, -0.25) is 4.79 Å². The van der Waals surface area contributed by atoms with E-state index in [1.807, 2.05) is 6.07 Å². The van der Waals surface area contributed by atoms with Gasteiger partial charge >= 0.3 is 5.97 Å². The maximum Gasteiger partial charge on any atom is 0.303 e. The summed E-state index contributed by atoms with van der Waals surface area (Å²) in [6.07, 6.45) is 4.09. The average molecular weight is 208 g/mol. The number of fused-ring (bicyclic) bond motifs is 1. The standard InChI is InChI=1S/C12H16O3/c1-2-9-7-10-8(6-12(13)14)4-3-5-11(10)15-9/h7-8H,2-6H2,1H3,(H,13,14). The van der Waals surface area contributed by atoms with Crippen molar-refractivity contribution in [2.24, 2.45) is 0 Å². The van der Waals surface area contributed by atoms with Crippen LogP contribution in [0.15, 0.2) is 10.5 Å². The van der Waals surface area contributed by atoms with Crippen molar-refractivity contribution in [1.82, 2.24) is 0 Å². The normalized spacial score (nSPS) is 19.9. The molecule has 1 aromatic rings. The van der Waals surface area contributed by atoms with E-state index in [2.05, 4.69) is 6.92 Å². The van der Waals surface area contributed by atoms with Gasteiger partial charge in [0.2, 0.25) is 0 Å². The third-order valence-electron chi connectivity index (χ3n) is 3.06. The van der Waals surface area contributed by atoms with Gasteiger partial charge in [0.1, 0.15) is 11.5 Å². The maximum absolute atomic E-state index is 10.7. The van der Waals surface area contributed by atoms with Crippen LogP contribution in [0, 0.1) is 0 Å². The van der Waals surface area contributed by atoms with Crippen LogP contribution < -0.4 is 0 Å². The predicted octanol–water partition coefficient (Wildman–Crippen LogP) is 2.74. The summed E-state index contributed by atoms with van der Waals surface area (Å²) in [4.78, 5) is 10.7. The molecule has 3 heteroatoms. The zero-order chi connectivity index (χ0) is 10.8. The molecular formula is C12H16O3. The van der Waals surface area contributed by atoms with Crippen LogP contribution in [0.4, 0.5) is 0 Å². The molecule has 1 aromatic heterocycles. The Labute approximate surface area is 89.1 Å². The third kappa shape index (κ3) is 2.06. The van der Waals surface area contributed by atoms with E-state index in [9.17, 15) is 4.79 Å². The van der Waals surface area contributed by atoms with Gasteiger partial charge in [0.05, 0.1) is 6.42 Å². The molecule has 0 aromatic carbocycles. The number of hydrogen-bond donors (Lipinski definition) is 1. The number of carboxylic acids is 1. The molecule has 1 N–H and O–H groups in total. The molecule has 1 aliphatic rings. The van der Waals surface area contributed by atoms with E-state index < -0.39 is 5.97 Å². The highest BCUT2D eigenvalue weighted by Gasteiger charge is 2.25. The Morgan fingerprint density at radius 2 is 2.47 bits per heavy atom. The molecule has 1 atom stereocenters. The van der Waals surface area contributed by atoms with Gasteiger partial charge in [-0.05, 0) is 30.4 Å². The molecular weight excluding hydrogens is 192 g/mol. The minimum Gasteiger partial charge on any atom is -0.481 e. The summed E-state index contributed by atoms with van der Waals surface area (Å²) in [5, 5.41) is 8.82. The summed E-state index contributed by atoms with van der Waals surface area (Å²) in [6, 6.07) is 2.04. The van der Waals surface area contributed by atoms with Crippen LogP contribution in [0.25, 0.3) is 0 Å². The Bertz CT molecular complexity index is 365. The molecule has 0 amide bonds. The molecule has 82 valence electrons. The smallest absolute Gasteiger partial charge is 0.303 e. The Morgan fingerprint density at radius 1 is 1.67 bits per heavy atom. The lowest BCUT2D eigenvalue weighted by molar-refractivity contribution is -0.137. The molecule has 0 saturated carbocycles. The molecule has 15 heavy (non-hydrogen) atoms. The first-order chi connectivity index (χ1) is 7.20. The molecule has 3 nitrogen and oxygen atoms in total. The highest BCUT2D eigenvalue weighted by Crippen LogP contribution is 2.36. The van der Waals surface area contributed by atoms with Gasteiger partial charge in [0, 0.05) is 12.8 Å². The van der Waals surface area contributed by atoms with Crippen LogP contribution in [-0.2, 0) is 17.6 Å². The first-order valence-corrected chi connectivity index (χ1v) is 5.54. The van der Waals surface area contributed by atoms with Crippen LogP contribution in [0.1, 0.15) is 49.2 Å². The summed E-state index contributed by atoms with van der Waals surface area (Å²) in [7, 11) is 0. The quantitative estimate of drug-likeness (QED) is 0.830. The number of rotatable bonds is 3. The minimum absolute atomic E-state index is 0.162. The fourth-order valence-electron chi connectivity index (χ4n) is 2.30. The van der Waals surface area contributed by atoms with E-state index >= 15 is 0 Å². The molecule has 1 unspecified atom stereocenters. The molecule has 0 fully saturated rings. The third-order valence-corrected chi connectivity index (χ3v) is 3.06. The number of hydrogen-bond acceptors (Lipinski definition) is 2. The highest BCUT2D eigenvalue weighted by atomic mass is 16.4. The van der Waals surface area contributed by atoms with Gasteiger partial charge in [-0.2, -0.15) is 0 Å². The second-order valence-electron chi connectivity index (χ2n) is 4.13. The zero-order valence-electron chi connectivity index (χ0n) is 8.95. The van der Waals surface area contributed by atoms with E-state index in [0.717, 1.165) is 42.8 Å².